The molecule has 8 nitrogen and oxygen atoms in total. The molecule has 0 rings (SSSR count). The van der Waals surface area contributed by atoms with E-state index < -0.39 is 16.9 Å². The summed E-state index contributed by atoms with van der Waals surface area (Å²) in [6.45, 7) is 0. The van der Waals surface area contributed by atoms with E-state index in [0.717, 1.165) is 0 Å². The van der Waals surface area contributed by atoms with Crippen LogP contribution in [0.3, 0.4) is 0 Å². The smallest absolute Gasteiger partial charge is 0.316 e. The van der Waals surface area contributed by atoms with Crippen molar-refractivity contribution in [3.8, 4) is 0 Å². The van der Waals surface area contributed by atoms with Crippen molar-refractivity contribution in [1.29, 1.82) is 0 Å². The Labute approximate surface area is 115 Å². The monoisotopic (exact) mass is 262 g/mol. The molecule has 12 heavy (non-hydrogen) atoms. The number of rotatable bonds is 0. The first-order valence-electron chi connectivity index (χ1n) is 1.68. The van der Waals surface area contributed by atoms with Crippen molar-refractivity contribution in [3.05, 3.63) is 0 Å². The Morgan fingerprint density at radius 2 is 0.917 bits per heavy atom. The molecule has 0 bridgehead atoms. The van der Waals surface area contributed by atoms with Gasteiger partial charge in [-0.3, -0.25) is 0 Å². The largest absolute Gasteiger partial charge is 0.316 e. The maximum atomic E-state index is 8.88. The van der Waals surface area contributed by atoms with Gasteiger partial charge in [0.1, 0.15) is 0 Å². The average molecular weight is 263 g/mol. The van der Waals surface area contributed by atoms with Gasteiger partial charge in [-0.15, -0.1) is 0 Å². The molecule has 0 unspecified atom stereocenters. The van der Waals surface area contributed by atoms with Crippen molar-refractivity contribution in [2.75, 3.05) is 0 Å². The van der Waals surface area contributed by atoms with E-state index in [2.05, 4.69) is 0 Å². The topological polar surface area (TPSA) is 159 Å². The van der Waals surface area contributed by atoms with Crippen LogP contribution in [-0.4, -0.2) is 104 Å². The van der Waals surface area contributed by atoms with Gasteiger partial charge in [0.05, 0.1) is 0 Å². The quantitative estimate of drug-likeness (QED) is 0.168. The standard InChI is InChI=1S/Ca.Mg.H3O4P.H4O4Si.4H/c;;2*1-5(2,3)4;;;;/h;;(H3,1,2,3,4);1-4H;;;;. The zero-order chi connectivity index (χ0) is 9.00. The zero-order valence-electron chi connectivity index (χ0n) is 4.49. The van der Waals surface area contributed by atoms with Crippen LogP contribution in [-0.2, 0) is 4.57 Å². The number of hydrogen-bond donors (Lipinski definition) is 7. The Morgan fingerprint density at radius 3 is 0.917 bits per heavy atom. The van der Waals surface area contributed by atoms with Crippen LogP contribution < -0.4 is 0 Å². The van der Waals surface area contributed by atoms with Crippen LogP contribution in [0.15, 0.2) is 0 Å². The molecule has 0 amide bonds. The summed E-state index contributed by atoms with van der Waals surface area (Å²) in [5.74, 6) is 0. The second-order valence-corrected chi connectivity index (χ2v) is 3.34. The SMILES string of the molecule is O=P(O)(O)O.O[Si](O)(O)O.[CaH2].[MgH2]. The van der Waals surface area contributed by atoms with Gasteiger partial charge in [-0.2, -0.15) is 0 Å². The molecule has 12 heteroatoms. The third-order valence-corrected chi connectivity index (χ3v) is 0. The van der Waals surface area contributed by atoms with Crippen molar-refractivity contribution < 1.29 is 38.4 Å². The van der Waals surface area contributed by atoms with E-state index in [1.807, 2.05) is 0 Å². The molecule has 0 aromatic rings. The normalized spacial score (nSPS) is 9.92. The van der Waals surface area contributed by atoms with E-state index in [4.69, 9.17) is 38.4 Å². The summed E-state index contributed by atoms with van der Waals surface area (Å²) in [6.07, 6.45) is 0. The van der Waals surface area contributed by atoms with E-state index >= 15 is 0 Å². The summed E-state index contributed by atoms with van der Waals surface area (Å²) in [6, 6.07) is 0. The molecule has 0 fully saturated rings. The maximum absolute atomic E-state index is 8.88. The Bertz CT molecular complexity index is 111. The van der Waals surface area contributed by atoms with Gasteiger partial charge in [0.15, 0.2) is 0 Å². The Balaban J connectivity index is -0.0000000457. The predicted octanol–water partition coefficient (Wildman–Crippen LogP) is -5.37. The van der Waals surface area contributed by atoms with Crippen LogP contribution in [0.5, 0.6) is 0 Å². The van der Waals surface area contributed by atoms with E-state index in [-0.39, 0.29) is 60.8 Å². The van der Waals surface area contributed by atoms with E-state index in [0.29, 0.717) is 0 Å². The third-order valence-electron chi connectivity index (χ3n) is 0. The van der Waals surface area contributed by atoms with Gasteiger partial charge in [-0.1, -0.05) is 0 Å². The number of phosphoric acid groups is 1. The molecular weight excluding hydrogens is 251 g/mol. The van der Waals surface area contributed by atoms with Gasteiger partial charge in [0.25, 0.3) is 0 Å². The van der Waals surface area contributed by atoms with Crippen LogP contribution in [0.4, 0.5) is 0 Å². The molecule has 0 saturated heterocycles. The molecule has 72 valence electrons. The Morgan fingerprint density at radius 1 is 0.917 bits per heavy atom. The van der Waals surface area contributed by atoms with Crippen LogP contribution in [0.25, 0.3) is 0 Å². The first-order valence-corrected chi connectivity index (χ1v) is 5.03. The molecule has 0 saturated carbocycles. The minimum Gasteiger partial charge on any atom is 0.316 e. The average Bonchev–Trinajstić information content (AvgIpc) is 1.12. The maximum Gasteiger partial charge on any atom is 0.316 e. The molecule has 0 aliphatic rings. The van der Waals surface area contributed by atoms with Gasteiger partial charge >= 0.3 is 77.7 Å². The molecule has 0 heterocycles. The van der Waals surface area contributed by atoms with E-state index in [1.165, 1.54) is 0 Å². The van der Waals surface area contributed by atoms with Crippen molar-refractivity contribution in [2.24, 2.45) is 0 Å². The summed E-state index contributed by atoms with van der Waals surface area (Å²) in [5.41, 5.74) is 0. The fourth-order valence-electron chi connectivity index (χ4n) is 0. The summed E-state index contributed by atoms with van der Waals surface area (Å²) in [7, 11) is -9.25. The zero-order valence-corrected chi connectivity index (χ0v) is 6.38. The van der Waals surface area contributed by atoms with Crippen molar-refractivity contribution in [2.45, 2.75) is 0 Å². The summed E-state index contributed by atoms with van der Waals surface area (Å²) >= 11 is 0. The number of hydrogen-bond acceptors (Lipinski definition) is 5. The van der Waals surface area contributed by atoms with Crippen LogP contribution in [0, 0.1) is 0 Å². The molecule has 0 aromatic heterocycles. The fraction of sp³-hybridized carbons (Fsp3) is 0. The van der Waals surface area contributed by atoms with Gasteiger partial charge in [-0.25, -0.2) is 4.57 Å². The summed E-state index contributed by atoms with van der Waals surface area (Å²) < 4.78 is 8.88. The first kappa shape index (κ1) is 23.8. The molecule has 7 N–H and O–H groups in total. The van der Waals surface area contributed by atoms with Crippen LogP contribution in [0.1, 0.15) is 0 Å². The Kier molecular flexibility index (Phi) is 19.3. The second kappa shape index (κ2) is 9.74. The van der Waals surface area contributed by atoms with Crippen LogP contribution in [0.2, 0.25) is 0 Å². The van der Waals surface area contributed by atoms with Gasteiger partial charge < -0.3 is 33.9 Å². The minimum absolute atomic E-state index is 0. The minimum atomic E-state index is -4.64. The van der Waals surface area contributed by atoms with Gasteiger partial charge in [0.2, 0.25) is 0 Å². The summed E-state index contributed by atoms with van der Waals surface area (Å²) in [4.78, 5) is 50.9. The van der Waals surface area contributed by atoms with Crippen molar-refractivity contribution in [3.63, 3.8) is 0 Å². The van der Waals surface area contributed by atoms with Crippen LogP contribution >= 0.6 is 7.82 Å². The summed E-state index contributed by atoms with van der Waals surface area (Å²) in [5, 5.41) is 0. The molecular formula is H11CaMgO8PSi. The van der Waals surface area contributed by atoms with E-state index in [1.54, 1.807) is 0 Å². The molecule has 0 spiro atoms. The molecule has 0 aromatic carbocycles. The predicted molar refractivity (Wildman–Crippen MR) is 46.0 cm³/mol. The van der Waals surface area contributed by atoms with E-state index in [9.17, 15) is 0 Å². The second-order valence-electron chi connectivity index (χ2n) is 1.11. The molecule has 0 aliphatic heterocycles. The molecule has 0 atom stereocenters. The third kappa shape index (κ3) is 318. The van der Waals surface area contributed by atoms with Gasteiger partial charge in [0, 0.05) is 0 Å². The Hall–Kier alpha value is 2.19. The molecule has 0 aliphatic carbocycles. The van der Waals surface area contributed by atoms with Gasteiger partial charge in [-0.05, 0) is 0 Å². The van der Waals surface area contributed by atoms with Crippen molar-refractivity contribution >= 4 is 77.7 Å². The van der Waals surface area contributed by atoms with Crippen molar-refractivity contribution in [1.82, 2.24) is 0 Å². The molecule has 0 radical (unpaired) electrons. The fourth-order valence-corrected chi connectivity index (χ4v) is 0. The first-order chi connectivity index (χ1) is 4.00.